The zero-order chi connectivity index (χ0) is 14.8. The van der Waals surface area contributed by atoms with E-state index < -0.39 is 0 Å². The van der Waals surface area contributed by atoms with Crippen LogP contribution in [-0.2, 0) is 17.8 Å². The van der Waals surface area contributed by atoms with Gasteiger partial charge in [0.25, 0.3) is 0 Å². The van der Waals surface area contributed by atoms with Gasteiger partial charge in [-0.2, -0.15) is 0 Å². The van der Waals surface area contributed by atoms with Gasteiger partial charge in [0.15, 0.2) is 0 Å². The molecule has 1 saturated heterocycles. The molecule has 116 valence electrons. The summed E-state index contributed by atoms with van der Waals surface area (Å²) in [6.07, 6.45) is 1.85. The van der Waals surface area contributed by atoms with Gasteiger partial charge < -0.3 is 14.8 Å². The fraction of sp³-hybridized carbons (Fsp3) is 0.471. The van der Waals surface area contributed by atoms with Crippen molar-refractivity contribution in [3.63, 3.8) is 0 Å². The zero-order valence-electron chi connectivity index (χ0n) is 12.7. The molecular weight excluding hydrogens is 278 g/mol. The van der Waals surface area contributed by atoms with E-state index in [1.165, 1.54) is 16.5 Å². The van der Waals surface area contributed by atoms with Crippen LogP contribution in [0.2, 0.25) is 0 Å². The smallest absolute Gasteiger partial charge is 0.150 e. The molecule has 5 heteroatoms. The van der Waals surface area contributed by atoms with Crippen molar-refractivity contribution < 1.29 is 9.47 Å². The molecule has 1 aromatic heterocycles. The molecule has 4 rings (SSSR count). The summed E-state index contributed by atoms with van der Waals surface area (Å²) in [5.41, 5.74) is 3.54. The third kappa shape index (κ3) is 2.67. The summed E-state index contributed by atoms with van der Waals surface area (Å²) in [7, 11) is 0. The Morgan fingerprint density at radius 1 is 1.23 bits per heavy atom. The Balaban J connectivity index is 1.76. The molecule has 2 aliphatic rings. The van der Waals surface area contributed by atoms with Gasteiger partial charge in [-0.3, -0.25) is 9.88 Å². The van der Waals surface area contributed by atoms with E-state index in [-0.39, 0.29) is 0 Å². The molecule has 5 nitrogen and oxygen atoms in total. The van der Waals surface area contributed by atoms with Crippen molar-refractivity contribution in [1.82, 2.24) is 15.2 Å². The second kappa shape index (κ2) is 6.20. The number of rotatable bonds is 2. The Morgan fingerprint density at radius 3 is 3.05 bits per heavy atom. The highest BCUT2D eigenvalue weighted by molar-refractivity contribution is 5.89. The van der Waals surface area contributed by atoms with Crippen molar-refractivity contribution in [3.8, 4) is 5.75 Å². The number of benzene rings is 1. The van der Waals surface area contributed by atoms with Crippen molar-refractivity contribution >= 4 is 10.9 Å². The van der Waals surface area contributed by atoms with Crippen LogP contribution in [0.4, 0.5) is 0 Å². The molecule has 0 amide bonds. The molecule has 2 aromatic rings. The largest absolute Gasteiger partial charge is 0.490 e. The first-order chi connectivity index (χ1) is 10.9. The fourth-order valence-corrected chi connectivity index (χ4v) is 3.22. The maximum atomic E-state index is 5.95. The highest BCUT2D eigenvalue weighted by Gasteiger charge is 2.18. The Bertz CT molecular complexity index is 668. The van der Waals surface area contributed by atoms with Gasteiger partial charge in [-0.1, -0.05) is 6.07 Å². The lowest BCUT2D eigenvalue weighted by Gasteiger charge is -2.27. The monoisotopic (exact) mass is 299 g/mol. The Hall–Kier alpha value is -1.69. The van der Waals surface area contributed by atoms with Crippen molar-refractivity contribution in [2.24, 2.45) is 0 Å². The summed E-state index contributed by atoms with van der Waals surface area (Å²) >= 11 is 0. The SMILES string of the molecule is c1cnc2c3c(cc(CN4CCOCC4)c2c1)CNCCO3. The standard InChI is InChI=1S/C17H21N3O2/c1-2-15-14(12-20-5-8-21-9-6-20)10-13-11-18-4-7-22-17(13)16(15)19-3-1/h1-3,10,18H,4-9,11-12H2. The van der Waals surface area contributed by atoms with E-state index in [1.54, 1.807) is 0 Å². The van der Waals surface area contributed by atoms with Crippen LogP contribution in [0.15, 0.2) is 24.4 Å². The number of pyridine rings is 1. The fourth-order valence-electron chi connectivity index (χ4n) is 3.22. The molecule has 1 N–H and O–H groups in total. The molecule has 0 unspecified atom stereocenters. The number of morpholine rings is 1. The summed E-state index contributed by atoms with van der Waals surface area (Å²) in [5, 5.41) is 4.62. The van der Waals surface area contributed by atoms with E-state index in [9.17, 15) is 0 Å². The molecule has 0 aliphatic carbocycles. The number of aromatic nitrogens is 1. The lowest BCUT2D eigenvalue weighted by Crippen LogP contribution is -2.35. The highest BCUT2D eigenvalue weighted by Crippen LogP contribution is 2.32. The van der Waals surface area contributed by atoms with Gasteiger partial charge in [0, 0.05) is 49.9 Å². The van der Waals surface area contributed by atoms with Crippen molar-refractivity contribution in [3.05, 3.63) is 35.5 Å². The van der Waals surface area contributed by atoms with Crippen LogP contribution in [0.1, 0.15) is 11.1 Å². The minimum Gasteiger partial charge on any atom is -0.490 e. The number of fused-ring (bicyclic) bond motifs is 3. The number of hydrogen-bond acceptors (Lipinski definition) is 5. The number of ether oxygens (including phenoxy) is 2. The first-order valence-corrected chi connectivity index (χ1v) is 7.95. The van der Waals surface area contributed by atoms with Crippen molar-refractivity contribution in [2.45, 2.75) is 13.1 Å². The van der Waals surface area contributed by atoms with E-state index >= 15 is 0 Å². The molecule has 1 fully saturated rings. The zero-order valence-corrected chi connectivity index (χ0v) is 12.7. The van der Waals surface area contributed by atoms with Crippen LogP contribution in [0.3, 0.4) is 0 Å². The first-order valence-electron chi connectivity index (χ1n) is 7.95. The van der Waals surface area contributed by atoms with E-state index in [1.807, 2.05) is 12.3 Å². The maximum absolute atomic E-state index is 5.95. The number of nitrogens with zero attached hydrogens (tertiary/aromatic N) is 2. The predicted molar refractivity (Wildman–Crippen MR) is 85.0 cm³/mol. The number of nitrogens with one attached hydrogen (secondary N) is 1. The first kappa shape index (κ1) is 13.9. The molecule has 3 heterocycles. The van der Waals surface area contributed by atoms with E-state index in [4.69, 9.17) is 9.47 Å². The molecule has 1 aromatic carbocycles. The second-order valence-corrected chi connectivity index (χ2v) is 5.84. The van der Waals surface area contributed by atoms with Gasteiger partial charge in [0.2, 0.25) is 0 Å². The molecule has 0 saturated carbocycles. The Morgan fingerprint density at radius 2 is 2.14 bits per heavy atom. The quantitative estimate of drug-likeness (QED) is 0.911. The van der Waals surface area contributed by atoms with Crippen LogP contribution in [-0.4, -0.2) is 49.3 Å². The second-order valence-electron chi connectivity index (χ2n) is 5.84. The van der Waals surface area contributed by atoms with E-state index in [0.717, 1.165) is 57.2 Å². The van der Waals surface area contributed by atoms with Crippen molar-refractivity contribution in [1.29, 1.82) is 0 Å². The van der Waals surface area contributed by atoms with Crippen molar-refractivity contribution in [2.75, 3.05) is 39.5 Å². The average Bonchev–Trinajstić information content (AvgIpc) is 2.81. The van der Waals surface area contributed by atoms with Gasteiger partial charge >= 0.3 is 0 Å². The molecule has 0 atom stereocenters. The van der Waals surface area contributed by atoms with Crippen LogP contribution < -0.4 is 10.1 Å². The average molecular weight is 299 g/mol. The van der Waals surface area contributed by atoms with E-state index in [2.05, 4.69) is 27.3 Å². The van der Waals surface area contributed by atoms with Crippen LogP contribution in [0.5, 0.6) is 5.75 Å². The third-order valence-electron chi connectivity index (χ3n) is 4.35. The molecular formula is C17H21N3O2. The highest BCUT2D eigenvalue weighted by atomic mass is 16.5. The number of hydrogen-bond donors (Lipinski definition) is 1. The lowest BCUT2D eigenvalue weighted by molar-refractivity contribution is 0.0343. The van der Waals surface area contributed by atoms with Gasteiger partial charge in [-0.05, 0) is 17.7 Å². The lowest BCUT2D eigenvalue weighted by atomic mass is 10.0. The van der Waals surface area contributed by atoms with E-state index in [0.29, 0.717) is 6.61 Å². The topological polar surface area (TPSA) is 46.6 Å². The maximum Gasteiger partial charge on any atom is 0.150 e. The normalized spacial score (nSPS) is 19.5. The molecule has 22 heavy (non-hydrogen) atoms. The van der Waals surface area contributed by atoms with Crippen LogP contribution >= 0.6 is 0 Å². The molecule has 0 radical (unpaired) electrons. The van der Waals surface area contributed by atoms with Crippen LogP contribution in [0, 0.1) is 0 Å². The van der Waals surface area contributed by atoms with Gasteiger partial charge in [0.05, 0.1) is 13.2 Å². The van der Waals surface area contributed by atoms with Gasteiger partial charge in [0.1, 0.15) is 17.9 Å². The molecule has 0 bridgehead atoms. The summed E-state index contributed by atoms with van der Waals surface area (Å²) in [4.78, 5) is 7.04. The summed E-state index contributed by atoms with van der Waals surface area (Å²) in [6.45, 7) is 7.00. The summed E-state index contributed by atoms with van der Waals surface area (Å²) in [6, 6.07) is 6.44. The predicted octanol–water partition coefficient (Wildman–Crippen LogP) is 1.55. The summed E-state index contributed by atoms with van der Waals surface area (Å²) < 4.78 is 11.4. The summed E-state index contributed by atoms with van der Waals surface area (Å²) in [5.74, 6) is 0.950. The van der Waals surface area contributed by atoms with Gasteiger partial charge in [-0.25, -0.2) is 0 Å². The van der Waals surface area contributed by atoms with Crippen LogP contribution in [0.25, 0.3) is 10.9 Å². The molecule has 0 spiro atoms. The third-order valence-corrected chi connectivity index (χ3v) is 4.35. The Kier molecular flexibility index (Phi) is 3.93. The van der Waals surface area contributed by atoms with Gasteiger partial charge in [-0.15, -0.1) is 0 Å². The minimum atomic E-state index is 0.696. The molecule has 2 aliphatic heterocycles. The Labute approximate surface area is 130 Å². The minimum absolute atomic E-state index is 0.696.